The summed E-state index contributed by atoms with van der Waals surface area (Å²) in [6.07, 6.45) is 5.47. The van der Waals surface area contributed by atoms with Gasteiger partial charge in [-0.1, -0.05) is 54.9 Å². The predicted molar refractivity (Wildman–Crippen MR) is 180 cm³/mol. The summed E-state index contributed by atoms with van der Waals surface area (Å²) in [6, 6.07) is 4.18. The van der Waals surface area contributed by atoms with Crippen molar-refractivity contribution in [2.24, 2.45) is 34.0 Å². The SMILES string of the molecule is C=C(C)CC[C@H](C[C@]12C[C@H](CC=C(C)C)C(C)(C)[C@](CC=C(C)C)(C(=O)C(C(=O)c3ccc(O)c(OC)c3)C1O)C2=O)C(=C)C. The fourth-order valence-electron chi connectivity index (χ4n) is 7.79. The Kier molecular flexibility index (Phi) is 11.0. The van der Waals surface area contributed by atoms with Crippen LogP contribution in [0.3, 0.4) is 0 Å². The van der Waals surface area contributed by atoms with Gasteiger partial charge in [0, 0.05) is 5.56 Å². The number of rotatable bonds is 13. The molecule has 0 radical (unpaired) electrons. The molecule has 1 aromatic carbocycles. The van der Waals surface area contributed by atoms with Crippen molar-refractivity contribution in [1.82, 2.24) is 0 Å². The smallest absolute Gasteiger partial charge is 0.176 e. The van der Waals surface area contributed by atoms with Crippen molar-refractivity contribution in [3.63, 3.8) is 0 Å². The number of aliphatic hydroxyl groups excluding tert-OH is 1. The number of methoxy groups -OCH3 is 1. The van der Waals surface area contributed by atoms with Crippen molar-refractivity contribution in [3.05, 3.63) is 71.4 Å². The molecular formula is C39H54O6. The Labute approximate surface area is 270 Å². The topological polar surface area (TPSA) is 101 Å². The number of carbonyl (C=O) groups is 3. The maximum Gasteiger partial charge on any atom is 0.176 e. The highest BCUT2D eigenvalue weighted by atomic mass is 16.5. The Hall–Kier alpha value is -3.25. The van der Waals surface area contributed by atoms with Crippen molar-refractivity contribution in [2.75, 3.05) is 7.11 Å². The number of Topliss-reactive ketones (excluding diaryl/α,β-unsaturated/α-hetero) is 3. The van der Waals surface area contributed by atoms with Crippen molar-refractivity contribution in [1.29, 1.82) is 0 Å². The summed E-state index contributed by atoms with van der Waals surface area (Å²) in [5.74, 6) is -3.08. The van der Waals surface area contributed by atoms with Gasteiger partial charge in [0.15, 0.2) is 28.8 Å². The van der Waals surface area contributed by atoms with E-state index in [1.165, 1.54) is 25.3 Å². The molecule has 0 saturated heterocycles. The van der Waals surface area contributed by atoms with E-state index in [9.17, 15) is 15.0 Å². The van der Waals surface area contributed by atoms with Crippen LogP contribution in [0.25, 0.3) is 0 Å². The lowest BCUT2D eigenvalue weighted by molar-refractivity contribution is -0.198. The lowest BCUT2D eigenvalue weighted by Crippen LogP contribution is -2.73. The lowest BCUT2D eigenvalue weighted by Gasteiger charge is -2.64. The standard InChI is InChI=1S/C39H54O6/c1-23(2)12-14-28(26(7)8)21-38-22-29(16-13-24(3)4)37(9,10)39(36(38)44,19-18-25(5)6)35(43)32(34(38)42)33(41)27-15-17-30(40)31(20-27)45-11/h13,15,17-18,20,28-29,32,34,40,42H,1,7,12,14,16,19,21-22H2,2-6,8-11H3/t28-,29+,32?,34?,38+,39-/m1/s1. The van der Waals surface area contributed by atoms with Gasteiger partial charge in [0.2, 0.25) is 0 Å². The molecule has 0 aliphatic heterocycles. The molecule has 6 nitrogen and oxygen atoms in total. The number of hydrogen-bond donors (Lipinski definition) is 2. The van der Waals surface area contributed by atoms with Gasteiger partial charge in [-0.25, -0.2) is 0 Å². The molecule has 6 atom stereocenters. The Morgan fingerprint density at radius 2 is 1.69 bits per heavy atom. The minimum absolute atomic E-state index is 0.0908. The summed E-state index contributed by atoms with van der Waals surface area (Å²) in [4.78, 5) is 44.8. The van der Waals surface area contributed by atoms with Gasteiger partial charge in [-0.3, -0.25) is 14.4 Å². The third-order valence-corrected chi connectivity index (χ3v) is 10.8. The van der Waals surface area contributed by atoms with Crippen LogP contribution < -0.4 is 4.74 Å². The molecule has 2 aliphatic carbocycles. The van der Waals surface area contributed by atoms with Crippen molar-refractivity contribution in [2.45, 2.75) is 100 Å². The summed E-state index contributed by atoms with van der Waals surface area (Å²) < 4.78 is 5.26. The normalized spacial score (nSPS) is 27.7. The monoisotopic (exact) mass is 618 g/mol. The first-order chi connectivity index (χ1) is 20.9. The van der Waals surface area contributed by atoms with Crippen molar-refractivity contribution < 1.29 is 29.3 Å². The zero-order chi connectivity index (χ0) is 34.1. The van der Waals surface area contributed by atoms with Gasteiger partial charge in [-0.2, -0.15) is 0 Å². The molecule has 2 bridgehead atoms. The van der Waals surface area contributed by atoms with Crippen molar-refractivity contribution >= 4 is 17.3 Å². The fraction of sp³-hybridized carbons (Fsp3) is 0.564. The maximum absolute atomic E-state index is 15.3. The van der Waals surface area contributed by atoms with E-state index in [0.717, 1.165) is 28.7 Å². The highest BCUT2D eigenvalue weighted by molar-refractivity contribution is 6.23. The number of phenols is 1. The quantitative estimate of drug-likeness (QED) is 0.131. The van der Waals surface area contributed by atoms with Crippen LogP contribution in [0.15, 0.2) is 65.8 Å². The van der Waals surface area contributed by atoms with Gasteiger partial charge in [0.05, 0.1) is 24.0 Å². The third-order valence-electron chi connectivity index (χ3n) is 10.8. The summed E-state index contributed by atoms with van der Waals surface area (Å²) in [6.45, 7) is 24.2. The first kappa shape index (κ1) is 36.2. The van der Waals surface area contributed by atoms with Crippen LogP contribution in [0, 0.1) is 34.0 Å². The fourth-order valence-corrected chi connectivity index (χ4v) is 7.79. The van der Waals surface area contributed by atoms with Gasteiger partial charge < -0.3 is 14.9 Å². The number of fused-ring (bicyclic) bond motifs is 2. The molecule has 2 unspecified atom stereocenters. The van der Waals surface area contributed by atoms with Crippen LogP contribution in [0.2, 0.25) is 0 Å². The van der Waals surface area contributed by atoms with Crippen LogP contribution in [0.5, 0.6) is 11.5 Å². The number of carbonyl (C=O) groups excluding carboxylic acids is 3. The van der Waals surface area contributed by atoms with Crippen LogP contribution in [-0.4, -0.2) is 40.8 Å². The van der Waals surface area contributed by atoms with Gasteiger partial charge >= 0.3 is 0 Å². The molecule has 2 N–H and O–H groups in total. The van der Waals surface area contributed by atoms with Crippen LogP contribution in [0.4, 0.5) is 0 Å². The Bertz CT molecular complexity index is 1420. The van der Waals surface area contributed by atoms with Crippen LogP contribution in [0.1, 0.15) is 104 Å². The van der Waals surface area contributed by atoms with E-state index in [1.54, 1.807) is 0 Å². The van der Waals surface area contributed by atoms with Gasteiger partial charge in [-0.05, 0) is 116 Å². The molecule has 0 amide bonds. The number of aromatic hydroxyl groups is 1. The molecule has 0 aromatic heterocycles. The Morgan fingerprint density at radius 3 is 2.22 bits per heavy atom. The van der Waals surface area contributed by atoms with Crippen LogP contribution >= 0.6 is 0 Å². The molecule has 6 heteroatoms. The number of aliphatic hydroxyl groups is 1. The molecule has 2 aliphatic rings. The summed E-state index contributed by atoms with van der Waals surface area (Å²) in [5.41, 5.74) is 0.469. The second-order valence-corrected chi connectivity index (χ2v) is 14.8. The van der Waals surface area contributed by atoms with Crippen LogP contribution in [-0.2, 0) is 9.59 Å². The number of allylic oxidation sites excluding steroid dienone is 6. The molecule has 0 spiro atoms. The predicted octanol–water partition coefficient (Wildman–Crippen LogP) is 8.38. The molecule has 0 heterocycles. The zero-order valence-electron chi connectivity index (χ0n) is 28.9. The molecule has 246 valence electrons. The average Bonchev–Trinajstić information content (AvgIpc) is 2.94. The van der Waals surface area contributed by atoms with Crippen molar-refractivity contribution in [3.8, 4) is 11.5 Å². The van der Waals surface area contributed by atoms with Gasteiger partial charge in [0.25, 0.3) is 0 Å². The Balaban J connectivity index is 2.37. The highest BCUT2D eigenvalue weighted by Crippen LogP contribution is 2.67. The minimum Gasteiger partial charge on any atom is -0.504 e. The van der Waals surface area contributed by atoms with E-state index >= 15 is 9.59 Å². The van der Waals surface area contributed by atoms with E-state index in [0.29, 0.717) is 25.7 Å². The number of ether oxygens (including phenoxy) is 1. The molecule has 2 fully saturated rings. The molecule has 2 saturated carbocycles. The number of benzene rings is 1. The van der Waals surface area contributed by atoms with E-state index in [4.69, 9.17) is 4.74 Å². The van der Waals surface area contributed by atoms with E-state index in [1.807, 2.05) is 61.5 Å². The second-order valence-electron chi connectivity index (χ2n) is 14.8. The zero-order valence-corrected chi connectivity index (χ0v) is 28.9. The second kappa shape index (κ2) is 13.6. The first-order valence-corrected chi connectivity index (χ1v) is 16.1. The molecule has 3 rings (SSSR count). The lowest BCUT2D eigenvalue weighted by atomic mass is 9.37. The van der Waals surface area contributed by atoms with Gasteiger partial charge in [0.1, 0.15) is 5.92 Å². The third kappa shape index (κ3) is 6.54. The highest BCUT2D eigenvalue weighted by Gasteiger charge is 2.75. The Morgan fingerprint density at radius 1 is 1.07 bits per heavy atom. The average molecular weight is 619 g/mol. The number of hydrogen-bond acceptors (Lipinski definition) is 6. The maximum atomic E-state index is 15.3. The summed E-state index contributed by atoms with van der Waals surface area (Å²) >= 11 is 0. The molecular weight excluding hydrogens is 564 g/mol. The summed E-state index contributed by atoms with van der Waals surface area (Å²) in [7, 11) is 1.38. The van der Waals surface area contributed by atoms with Gasteiger partial charge in [-0.15, -0.1) is 6.58 Å². The molecule has 45 heavy (non-hydrogen) atoms. The van der Waals surface area contributed by atoms with E-state index in [2.05, 4.69) is 19.2 Å². The largest absolute Gasteiger partial charge is 0.504 e. The van der Waals surface area contributed by atoms with E-state index < -0.39 is 39.8 Å². The minimum atomic E-state index is -1.53. The van der Waals surface area contributed by atoms with E-state index in [-0.39, 0.29) is 41.1 Å². The molecule has 1 aromatic rings. The number of ketones is 3. The summed E-state index contributed by atoms with van der Waals surface area (Å²) in [5, 5.41) is 22.6. The number of phenolic OH excluding ortho intramolecular Hbond substituents is 1. The first-order valence-electron chi connectivity index (χ1n) is 16.1.